The van der Waals surface area contributed by atoms with Gasteiger partial charge in [0.2, 0.25) is 0 Å². The molecule has 0 saturated carbocycles. The van der Waals surface area contributed by atoms with E-state index in [1.807, 2.05) is 0 Å². The molecule has 4 rings (SSSR count). The molecule has 0 aliphatic heterocycles. The lowest BCUT2D eigenvalue weighted by Crippen LogP contribution is -2.37. The molecule has 0 radical (unpaired) electrons. The van der Waals surface area contributed by atoms with Gasteiger partial charge in [0, 0.05) is 10.6 Å². The highest BCUT2D eigenvalue weighted by molar-refractivity contribution is 6.30. The van der Waals surface area contributed by atoms with E-state index in [2.05, 4.69) is 15.2 Å². The fourth-order valence-electron chi connectivity index (χ4n) is 3.66. The number of carbonyl (C=O) groups is 1. The van der Waals surface area contributed by atoms with E-state index in [1.165, 1.54) is 54.1 Å². The van der Waals surface area contributed by atoms with Crippen molar-refractivity contribution in [2.24, 2.45) is 5.73 Å². The third kappa shape index (κ3) is 6.26. The highest BCUT2D eigenvalue weighted by Gasteiger charge is 2.39. The molecule has 16 heteroatoms. The van der Waals surface area contributed by atoms with Crippen LogP contribution >= 0.6 is 11.6 Å². The van der Waals surface area contributed by atoms with E-state index in [-0.39, 0.29) is 28.7 Å². The molecule has 2 heterocycles. The van der Waals surface area contributed by atoms with E-state index in [0.717, 1.165) is 10.7 Å². The second kappa shape index (κ2) is 10.9. The summed E-state index contributed by atoms with van der Waals surface area (Å²) in [5, 5.41) is 18.4. The number of nitrogens with two attached hydrogens (primary N) is 1. The summed E-state index contributed by atoms with van der Waals surface area (Å²) in [7, 11) is 0. The van der Waals surface area contributed by atoms with Gasteiger partial charge in [-0.25, -0.2) is 28.3 Å². The molecule has 0 saturated heterocycles. The van der Waals surface area contributed by atoms with Crippen molar-refractivity contribution in [2.75, 3.05) is 0 Å². The fraction of sp³-hybridized carbons (Fsp3) is 0.261. The Hall–Kier alpha value is -4.24. The third-order valence-corrected chi connectivity index (χ3v) is 5.69. The van der Waals surface area contributed by atoms with E-state index in [4.69, 9.17) is 22.1 Å². The second-order valence-electron chi connectivity index (χ2n) is 8.30. The Labute approximate surface area is 222 Å². The molecule has 206 valence electrons. The van der Waals surface area contributed by atoms with Crippen LogP contribution < -0.4 is 11.4 Å². The molecule has 0 aliphatic rings. The number of aliphatic hydroxyl groups excluding tert-OH is 1. The molecule has 11 nitrogen and oxygen atoms in total. The first-order valence-corrected chi connectivity index (χ1v) is 11.6. The Kier molecular flexibility index (Phi) is 7.74. The van der Waals surface area contributed by atoms with Gasteiger partial charge in [0.15, 0.2) is 29.7 Å². The van der Waals surface area contributed by atoms with Crippen LogP contribution in [-0.4, -0.2) is 52.6 Å². The SMILES string of the molecule is CC(OC(N)=O)c1nc(Cn2nc(-c3ccc(Cl)cc3)n(CC(O)C(F)(F)F)c2=O)nn1-c1cccc(F)c1. The molecule has 2 aromatic heterocycles. The molecule has 2 unspecified atom stereocenters. The van der Waals surface area contributed by atoms with Crippen molar-refractivity contribution in [2.45, 2.75) is 38.4 Å². The number of aromatic nitrogens is 6. The number of aliphatic hydroxyl groups is 1. The topological polar surface area (TPSA) is 143 Å². The van der Waals surface area contributed by atoms with E-state index in [1.54, 1.807) is 0 Å². The fourth-order valence-corrected chi connectivity index (χ4v) is 3.78. The molecule has 2 aromatic carbocycles. The summed E-state index contributed by atoms with van der Waals surface area (Å²) in [5.74, 6) is -0.813. The molecule has 0 aliphatic carbocycles. The summed E-state index contributed by atoms with van der Waals surface area (Å²) in [5.41, 5.74) is 4.57. The van der Waals surface area contributed by atoms with Crippen LogP contribution in [0.15, 0.2) is 53.3 Å². The lowest BCUT2D eigenvalue weighted by Gasteiger charge is -2.15. The highest BCUT2D eigenvalue weighted by atomic mass is 35.5. The molecule has 3 N–H and O–H groups in total. The summed E-state index contributed by atoms with van der Waals surface area (Å²) >= 11 is 5.90. The van der Waals surface area contributed by atoms with Gasteiger partial charge in [-0.1, -0.05) is 17.7 Å². The molecule has 0 bridgehead atoms. The van der Waals surface area contributed by atoms with Crippen molar-refractivity contribution in [3.05, 3.63) is 81.5 Å². The molecule has 2 atom stereocenters. The first kappa shape index (κ1) is 27.8. The zero-order chi connectivity index (χ0) is 28.5. The van der Waals surface area contributed by atoms with Gasteiger partial charge in [-0.2, -0.15) is 13.2 Å². The minimum atomic E-state index is -4.99. The summed E-state index contributed by atoms with van der Waals surface area (Å²) < 4.78 is 60.8. The molecule has 0 fully saturated rings. The summed E-state index contributed by atoms with van der Waals surface area (Å²) in [6, 6.07) is 11.1. The lowest BCUT2D eigenvalue weighted by atomic mass is 10.2. The number of nitrogens with zero attached hydrogens (tertiary/aromatic N) is 6. The number of primary amides is 1. The van der Waals surface area contributed by atoms with Crippen molar-refractivity contribution in [3.63, 3.8) is 0 Å². The highest BCUT2D eigenvalue weighted by Crippen LogP contribution is 2.25. The van der Waals surface area contributed by atoms with Gasteiger partial charge in [-0.15, -0.1) is 10.2 Å². The Balaban J connectivity index is 1.78. The minimum absolute atomic E-state index is 0.0206. The van der Waals surface area contributed by atoms with Crippen LogP contribution in [0.3, 0.4) is 0 Å². The number of benzene rings is 2. The first-order valence-electron chi connectivity index (χ1n) is 11.2. The lowest BCUT2D eigenvalue weighted by molar-refractivity contribution is -0.207. The normalized spacial score (nSPS) is 13.3. The zero-order valence-corrected chi connectivity index (χ0v) is 20.8. The van der Waals surface area contributed by atoms with Gasteiger partial charge >= 0.3 is 18.0 Å². The van der Waals surface area contributed by atoms with Crippen molar-refractivity contribution in [1.82, 2.24) is 29.1 Å². The zero-order valence-electron chi connectivity index (χ0n) is 20.0. The monoisotopic (exact) mass is 569 g/mol. The van der Waals surface area contributed by atoms with Crippen LogP contribution in [-0.2, 0) is 17.8 Å². The molecule has 0 spiro atoms. The van der Waals surface area contributed by atoms with Crippen LogP contribution in [0.25, 0.3) is 17.1 Å². The Morgan fingerprint density at radius 2 is 1.87 bits per heavy atom. The second-order valence-corrected chi connectivity index (χ2v) is 8.73. The van der Waals surface area contributed by atoms with E-state index >= 15 is 0 Å². The van der Waals surface area contributed by atoms with E-state index in [9.17, 15) is 32.3 Å². The number of alkyl halides is 3. The van der Waals surface area contributed by atoms with Gasteiger partial charge < -0.3 is 15.6 Å². The predicted molar refractivity (Wildman–Crippen MR) is 128 cm³/mol. The maximum absolute atomic E-state index is 13.9. The molecule has 4 aromatic rings. The van der Waals surface area contributed by atoms with Gasteiger partial charge in [-0.05, 0) is 49.4 Å². The Morgan fingerprint density at radius 3 is 2.49 bits per heavy atom. The standard InChI is InChI=1S/C23H20ClF4N7O4/c1-12(39-21(29)37)19-30-18(31-35(19)16-4-2-3-15(25)9-16)11-34-22(38)33(10-17(36)23(26,27)28)20(32-34)13-5-7-14(24)8-6-13/h2-9,12,17,36H,10-11H2,1H3,(H2,29,37). The average molecular weight is 570 g/mol. The van der Waals surface area contributed by atoms with Crippen LogP contribution in [0.1, 0.15) is 24.7 Å². The van der Waals surface area contributed by atoms with Crippen molar-refractivity contribution in [1.29, 1.82) is 0 Å². The number of hydrogen-bond donors (Lipinski definition) is 2. The number of halogens is 5. The molecule has 1 amide bonds. The van der Waals surface area contributed by atoms with E-state index in [0.29, 0.717) is 9.59 Å². The quantitative estimate of drug-likeness (QED) is 0.310. The first-order chi connectivity index (χ1) is 18.3. The summed E-state index contributed by atoms with van der Waals surface area (Å²) in [6.07, 6.45) is -9.99. The van der Waals surface area contributed by atoms with Crippen molar-refractivity contribution >= 4 is 17.7 Å². The summed E-state index contributed by atoms with van der Waals surface area (Å²) in [6.45, 7) is -0.125. The van der Waals surface area contributed by atoms with Crippen LogP contribution in [0.2, 0.25) is 5.02 Å². The number of ether oxygens (including phenoxy) is 1. The summed E-state index contributed by atoms with van der Waals surface area (Å²) in [4.78, 5) is 28.7. The largest absolute Gasteiger partial charge is 0.438 e. The molecular weight excluding hydrogens is 550 g/mol. The third-order valence-electron chi connectivity index (χ3n) is 5.44. The van der Waals surface area contributed by atoms with E-state index < -0.39 is 49.1 Å². The van der Waals surface area contributed by atoms with Gasteiger partial charge in [0.05, 0.1) is 12.2 Å². The Bertz CT molecular complexity index is 1550. The smallest absolute Gasteiger partial charge is 0.416 e. The number of carbonyl (C=O) groups excluding carboxylic acids is 1. The van der Waals surface area contributed by atoms with Gasteiger partial charge in [-0.3, -0.25) is 4.57 Å². The van der Waals surface area contributed by atoms with Crippen LogP contribution in [0.4, 0.5) is 22.4 Å². The van der Waals surface area contributed by atoms with Gasteiger partial charge in [0.25, 0.3) is 0 Å². The molecular formula is C23H20ClF4N7O4. The maximum atomic E-state index is 13.9. The van der Waals surface area contributed by atoms with Gasteiger partial charge in [0.1, 0.15) is 12.4 Å². The predicted octanol–water partition coefficient (Wildman–Crippen LogP) is 3.21. The number of rotatable bonds is 8. The molecule has 39 heavy (non-hydrogen) atoms. The van der Waals surface area contributed by atoms with Crippen molar-refractivity contribution in [3.8, 4) is 17.1 Å². The minimum Gasteiger partial charge on any atom is -0.438 e. The van der Waals surface area contributed by atoms with Crippen LogP contribution in [0.5, 0.6) is 0 Å². The van der Waals surface area contributed by atoms with Crippen LogP contribution in [0, 0.1) is 5.82 Å². The number of hydrogen-bond acceptors (Lipinski definition) is 7. The average Bonchev–Trinajstić information content (AvgIpc) is 3.41. The maximum Gasteiger partial charge on any atom is 0.416 e. The number of amides is 1. The Morgan fingerprint density at radius 1 is 1.18 bits per heavy atom. The van der Waals surface area contributed by atoms with Crippen molar-refractivity contribution < 1.29 is 32.2 Å².